The second-order valence-corrected chi connectivity index (χ2v) is 9.88. The fourth-order valence-electron chi connectivity index (χ4n) is 5.53. The number of aromatic nitrogens is 2. The Morgan fingerprint density at radius 1 is 1.09 bits per heavy atom. The van der Waals surface area contributed by atoms with Gasteiger partial charge in [-0.1, -0.05) is 18.0 Å². The number of amides is 2. The summed E-state index contributed by atoms with van der Waals surface area (Å²) >= 11 is 6.12. The van der Waals surface area contributed by atoms with E-state index in [9.17, 15) is 9.59 Å². The first-order valence-electron chi connectivity index (χ1n) is 11.7. The van der Waals surface area contributed by atoms with Gasteiger partial charge in [-0.3, -0.25) is 9.59 Å². The second-order valence-electron chi connectivity index (χ2n) is 9.44. The number of carbonyl (C=O) groups is 2. The van der Waals surface area contributed by atoms with Crippen LogP contribution in [0.1, 0.15) is 41.6 Å². The van der Waals surface area contributed by atoms with Gasteiger partial charge in [0.15, 0.2) is 0 Å². The maximum Gasteiger partial charge on any atom is 0.251 e. The maximum atomic E-state index is 12.7. The predicted octanol–water partition coefficient (Wildman–Crippen LogP) is 4.95. The monoisotopic (exact) mass is 473 g/mol. The van der Waals surface area contributed by atoms with E-state index in [0.717, 1.165) is 29.2 Å². The number of halogens is 1. The zero-order valence-electron chi connectivity index (χ0n) is 18.5. The van der Waals surface area contributed by atoms with Gasteiger partial charge in [-0.15, -0.1) is 0 Å². The number of hydrogen-bond acceptors (Lipinski definition) is 5. The van der Waals surface area contributed by atoms with Crippen LogP contribution in [0.2, 0.25) is 5.02 Å². The Morgan fingerprint density at radius 3 is 2.71 bits per heavy atom. The molecule has 0 radical (unpaired) electrons. The summed E-state index contributed by atoms with van der Waals surface area (Å²) < 4.78 is 0. The molecule has 1 aromatic heterocycles. The van der Waals surface area contributed by atoms with Gasteiger partial charge in [-0.05, 0) is 73.6 Å². The van der Waals surface area contributed by atoms with E-state index in [2.05, 4.69) is 25.9 Å². The van der Waals surface area contributed by atoms with E-state index in [0.29, 0.717) is 39.9 Å². The molecular formula is C26H24ClN5O2. The lowest BCUT2D eigenvalue weighted by Crippen LogP contribution is -2.38. The van der Waals surface area contributed by atoms with Gasteiger partial charge in [0.2, 0.25) is 11.9 Å². The molecule has 2 fully saturated rings. The van der Waals surface area contributed by atoms with Crippen LogP contribution < -0.4 is 16.0 Å². The third-order valence-electron chi connectivity index (χ3n) is 7.18. The molecule has 7 nitrogen and oxygen atoms in total. The Hall–Kier alpha value is -3.45. The van der Waals surface area contributed by atoms with Crippen molar-refractivity contribution in [1.82, 2.24) is 15.3 Å². The molecule has 172 valence electrons. The van der Waals surface area contributed by atoms with Gasteiger partial charge in [-0.2, -0.15) is 0 Å². The number of fused-ring (bicyclic) bond motifs is 5. The van der Waals surface area contributed by atoms with Crippen molar-refractivity contribution >= 4 is 40.7 Å². The largest absolute Gasteiger partial charge is 0.349 e. The van der Waals surface area contributed by atoms with Crippen molar-refractivity contribution in [2.24, 2.45) is 11.8 Å². The average molecular weight is 474 g/mol. The van der Waals surface area contributed by atoms with Crippen molar-refractivity contribution in [2.45, 2.75) is 38.1 Å². The lowest BCUT2D eigenvalue weighted by atomic mass is 9.95. The van der Waals surface area contributed by atoms with Crippen molar-refractivity contribution in [3.8, 4) is 11.3 Å². The lowest BCUT2D eigenvalue weighted by Gasteiger charge is -2.22. The van der Waals surface area contributed by atoms with Crippen LogP contribution in [0.15, 0.2) is 48.7 Å². The quantitative estimate of drug-likeness (QED) is 0.498. The molecule has 1 aliphatic heterocycles. The summed E-state index contributed by atoms with van der Waals surface area (Å²) in [5.41, 5.74) is 4.28. The normalized spacial score (nSPS) is 22.4. The Kier molecular flexibility index (Phi) is 5.21. The van der Waals surface area contributed by atoms with Crippen LogP contribution in [0.25, 0.3) is 11.3 Å². The molecule has 2 bridgehead atoms. The zero-order chi connectivity index (χ0) is 23.2. The highest BCUT2D eigenvalue weighted by molar-refractivity contribution is 6.31. The summed E-state index contributed by atoms with van der Waals surface area (Å²) in [5, 5.41) is 9.85. The molecule has 3 aromatic rings. The van der Waals surface area contributed by atoms with Crippen LogP contribution in [-0.2, 0) is 11.2 Å². The van der Waals surface area contributed by atoms with Gasteiger partial charge in [0.05, 0.1) is 17.8 Å². The maximum absolute atomic E-state index is 12.7. The molecule has 2 amide bonds. The van der Waals surface area contributed by atoms with Gasteiger partial charge in [-0.25, -0.2) is 9.97 Å². The molecule has 0 spiro atoms. The zero-order valence-corrected chi connectivity index (χ0v) is 19.2. The molecule has 3 aliphatic rings. The van der Waals surface area contributed by atoms with Gasteiger partial charge < -0.3 is 16.0 Å². The van der Waals surface area contributed by atoms with E-state index in [4.69, 9.17) is 11.6 Å². The van der Waals surface area contributed by atoms with Gasteiger partial charge in [0, 0.05) is 39.6 Å². The van der Waals surface area contributed by atoms with Crippen molar-refractivity contribution in [2.75, 3.05) is 10.6 Å². The second kappa shape index (κ2) is 8.40. The third-order valence-corrected chi connectivity index (χ3v) is 7.42. The summed E-state index contributed by atoms with van der Waals surface area (Å²) in [5.74, 6) is 1.70. The minimum Gasteiger partial charge on any atom is -0.349 e. The number of nitrogens with one attached hydrogen (secondary N) is 3. The van der Waals surface area contributed by atoms with E-state index in [-0.39, 0.29) is 18.2 Å². The minimum atomic E-state index is -0.133. The first-order chi connectivity index (χ1) is 16.5. The number of hydrogen-bond donors (Lipinski definition) is 3. The predicted molar refractivity (Wildman–Crippen MR) is 131 cm³/mol. The number of carbonyl (C=O) groups excluding carboxylic acids is 2. The molecule has 3 atom stereocenters. The number of benzene rings is 2. The van der Waals surface area contributed by atoms with Crippen LogP contribution in [0.3, 0.4) is 0 Å². The van der Waals surface area contributed by atoms with Crippen LogP contribution in [0, 0.1) is 11.8 Å². The molecular weight excluding hydrogens is 450 g/mol. The standard InChI is InChI=1S/C26H24ClN5O2/c27-18-5-8-20-22(12-18)30-23(33)11-17-13-28-26(32-24(17)20)29-19-6-3-15(4-7-19)25(34)31-21-10-14-1-2-16(21)9-14/h3-8,12-14,16,21H,1-2,9-11H2,(H,30,33)(H,31,34)(H,28,29,32)/t14-,16+,21+/m0/s1. The Labute approximate surface area is 202 Å². The van der Waals surface area contributed by atoms with E-state index in [1.54, 1.807) is 18.3 Å². The highest BCUT2D eigenvalue weighted by Crippen LogP contribution is 2.44. The van der Waals surface area contributed by atoms with Crippen LogP contribution in [0.5, 0.6) is 0 Å². The molecule has 0 saturated heterocycles. The molecule has 2 aromatic carbocycles. The third kappa shape index (κ3) is 4.01. The topological polar surface area (TPSA) is 96.0 Å². The minimum absolute atomic E-state index is 0.0159. The SMILES string of the molecule is O=C1Cc2cnc(Nc3ccc(C(=O)N[C@@H]4C[C@H]5CC[C@@H]4C5)cc3)nc2-c2ccc(Cl)cc2N1. The summed E-state index contributed by atoms with van der Waals surface area (Å²) in [7, 11) is 0. The van der Waals surface area contributed by atoms with Gasteiger partial charge >= 0.3 is 0 Å². The average Bonchev–Trinajstić information content (AvgIpc) is 3.41. The molecule has 2 heterocycles. The van der Waals surface area contributed by atoms with Crippen molar-refractivity contribution in [3.05, 3.63) is 64.8 Å². The van der Waals surface area contributed by atoms with Crippen LogP contribution in [-0.4, -0.2) is 27.8 Å². The number of rotatable bonds is 4. The molecule has 6 rings (SSSR count). The lowest BCUT2D eigenvalue weighted by molar-refractivity contribution is -0.115. The molecule has 3 N–H and O–H groups in total. The van der Waals surface area contributed by atoms with Crippen molar-refractivity contribution in [1.29, 1.82) is 0 Å². The summed E-state index contributed by atoms with van der Waals surface area (Å²) in [6.45, 7) is 0. The fourth-order valence-corrected chi connectivity index (χ4v) is 5.70. The van der Waals surface area contributed by atoms with E-state index in [1.807, 2.05) is 30.3 Å². The molecule has 8 heteroatoms. The van der Waals surface area contributed by atoms with Crippen molar-refractivity contribution < 1.29 is 9.59 Å². The first kappa shape index (κ1) is 21.1. The number of anilines is 3. The number of nitrogens with zero attached hydrogens (tertiary/aromatic N) is 2. The van der Waals surface area contributed by atoms with Crippen molar-refractivity contribution in [3.63, 3.8) is 0 Å². The summed E-state index contributed by atoms with van der Waals surface area (Å²) in [6, 6.07) is 13.0. The molecule has 0 unspecified atom stereocenters. The highest BCUT2D eigenvalue weighted by atomic mass is 35.5. The smallest absolute Gasteiger partial charge is 0.251 e. The summed E-state index contributed by atoms with van der Waals surface area (Å²) in [4.78, 5) is 34.1. The Balaban J connectivity index is 1.19. The first-order valence-corrected chi connectivity index (χ1v) is 12.0. The Bertz CT molecular complexity index is 1290. The van der Waals surface area contributed by atoms with Gasteiger partial charge in [0.1, 0.15) is 0 Å². The fraction of sp³-hybridized carbons (Fsp3) is 0.308. The summed E-state index contributed by atoms with van der Waals surface area (Å²) in [6.07, 6.45) is 6.78. The molecule has 34 heavy (non-hydrogen) atoms. The molecule has 2 saturated carbocycles. The molecule has 2 aliphatic carbocycles. The van der Waals surface area contributed by atoms with Crippen LogP contribution in [0.4, 0.5) is 17.3 Å². The van der Waals surface area contributed by atoms with Crippen LogP contribution >= 0.6 is 11.6 Å². The van der Waals surface area contributed by atoms with E-state index >= 15 is 0 Å². The van der Waals surface area contributed by atoms with Gasteiger partial charge in [0.25, 0.3) is 5.91 Å². The Morgan fingerprint density at radius 2 is 1.94 bits per heavy atom. The van der Waals surface area contributed by atoms with E-state index in [1.165, 1.54) is 19.3 Å². The highest BCUT2D eigenvalue weighted by Gasteiger charge is 2.40. The van der Waals surface area contributed by atoms with E-state index < -0.39 is 0 Å².